The first-order chi connectivity index (χ1) is 14.8. The first kappa shape index (κ1) is 21.0. The van der Waals surface area contributed by atoms with Gasteiger partial charge in [0.05, 0.1) is 19.1 Å². The molecule has 6 nitrogen and oxygen atoms in total. The molecule has 1 amide bonds. The fourth-order valence-corrected chi connectivity index (χ4v) is 3.91. The van der Waals surface area contributed by atoms with Crippen LogP contribution in [-0.2, 0) is 24.2 Å². The van der Waals surface area contributed by atoms with Crippen LogP contribution < -0.4 is 20.4 Å². The highest BCUT2D eigenvalue weighted by atomic mass is 16.5. The summed E-state index contributed by atoms with van der Waals surface area (Å²) in [6.45, 7) is 6.34. The Morgan fingerprint density at radius 2 is 1.94 bits per heavy atom. The maximum atomic E-state index is 12.6. The van der Waals surface area contributed by atoms with E-state index in [0.29, 0.717) is 17.7 Å². The average Bonchev–Trinajstić information content (AvgIpc) is 2.74. The lowest BCUT2D eigenvalue weighted by atomic mass is 9.92. The van der Waals surface area contributed by atoms with Crippen molar-refractivity contribution in [3.63, 3.8) is 0 Å². The minimum Gasteiger partial charge on any atom is -0.497 e. The SMILES string of the molecule is COc1ccc(CNC(=O)Cc2c(C)c3cc4c(cc3oc2=O)OC(C)(C)CC4)cc1. The Bertz CT molecular complexity index is 1190. The summed E-state index contributed by atoms with van der Waals surface area (Å²) in [5, 5.41) is 3.71. The van der Waals surface area contributed by atoms with Gasteiger partial charge in [0, 0.05) is 18.0 Å². The number of aryl methyl sites for hydroxylation is 2. The third-order valence-electron chi connectivity index (χ3n) is 5.84. The lowest BCUT2D eigenvalue weighted by Crippen LogP contribution is -2.32. The number of amides is 1. The molecule has 0 spiro atoms. The summed E-state index contributed by atoms with van der Waals surface area (Å²) in [4.78, 5) is 25.1. The van der Waals surface area contributed by atoms with Gasteiger partial charge in [0.2, 0.25) is 5.91 Å². The van der Waals surface area contributed by atoms with Crippen molar-refractivity contribution in [2.24, 2.45) is 0 Å². The van der Waals surface area contributed by atoms with Crippen LogP contribution in [0.15, 0.2) is 45.6 Å². The number of methoxy groups -OCH3 is 1. The van der Waals surface area contributed by atoms with E-state index in [2.05, 4.69) is 19.2 Å². The van der Waals surface area contributed by atoms with Crippen LogP contribution in [0.5, 0.6) is 11.5 Å². The Balaban J connectivity index is 1.54. The Morgan fingerprint density at radius 3 is 2.65 bits per heavy atom. The highest BCUT2D eigenvalue weighted by Crippen LogP contribution is 2.36. The van der Waals surface area contributed by atoms with E-state index in [1.54, 1.807) is 13.2 Å². The molecule has 1 aromatic heterocycles. The first-order valence-electron chi connectivity index (χ1n) is 10.4. The van der Waals surface area contributed by atoms with E-state index >= 15 is 0 Å². The molecule has 0 aliphatic carbocycles. The number of carbonyl (C=O) groups excluding carboxylic acids is 1. The van der Waals surface area contributed by atoms with Crippen LogP contribution in [0.25, 0.3) is 11.0 Å². The second kappa shape index (κ2) is 8.10. The predicted octanol–water partition coefficient (Wildman–Crippen LogP) is 4.07. The van der Waals surface area contributed by atoms with Crippen molar-refractivity contribution in [1.82, 2.24) is 5.32 Å². The number of carbonyl (C=O) groups is 1. The van der Waals surface area contributed by atoms with Gasteiger partial charge in [0.25, 0.3) is 0 Å². The molecule has 0 saturated carbocycles. The van der Waals surface area contributed by atoms with Gasteiger partial charge in [-0.25, -0.2) is 4.79 Å². The monoisotopic (exact) mass is 421 g/mol. The summed E-state index contributed by atoms with van der Waals surface area (Å²) < 4.78 is 16.8. The number of nitrogens with one attached hydrogen (secondary N) is 1. The largest absolute Gasteiger partial charge is 0.497 e. The molecular weight excluding hydrogens is 394 g/mol. The van der Waals surface area contributed by atoms with Crippen molar-refractivity contribution in [3.05, 3.63) is 69.1 Å². The lowest BCUT2D eigenvalue weighted by Gasteiger charge is -2.32. The summed E-state index contributed by atoms with van der Waals surface area (Å²) in [7, 11) is 1.61. The van der Waals surface area contributed by atoms with Gasteiger partial charge in [-0.15, -0.1) is 0 Å². The van der Waals surface area contributed by atoms with Crippen molar-refractivity contribution in [1.29, 1.82) is 0 Å². The molecule has 2 aromatic carbocycles. The second-order valence-corrected chi connectivity index (χ2v) is 8.61. The minimum atomic E-state index is -0.486. The third kappa shape index (κ3) is 4.43. The maximum Gasteiger partial charge on any atom is 0.340 e. The molecule has 0 unspecified atom stereocenters. The number of benzene rings is 2. The molecule has 0 saturated heterocycles. The highest BCUT2D eigenvalue weighted by Gasteiger charge is 2.27. The number of ether oxygens (including phenoxy) is 2. The molecule has 1 aliphatic heterocycles. The zero-order valence-corrected chi connectivity index (χ0v) is 18.3. The van der Waals surface area contributed by atoms with Crippen molar-refractivity contribution < 1.29 is 18.7 Å². The summed E-state index contributed by atoms with van der Waals surface area (Å²) in [5.74, 6) is 1.29. The second-order valence-electron chi connectivity index (χ2n) is 8.61. The Hall–Kier alpha value is -3.28. The molecule has 0 bridgehead atoms. The zero-order valence-electron chi connectivity index (χ0n) is 18.3. The van der Waals surface area contributed by atoms with Crippen LogP contribution >= 0.6 is 0 Å². The molecule has 1 aliphatic rings. The summed E-state index contributed by atoms with van der Waals surface area (Å²) in [5.41, 5.74) is 2.97. The topological polar surface area (TPSA) is 77.8 Å². The maximum absolute atomic E-state index is 12.6. The molecular formula is C25H27NO5. The van der Waals surface area contributed by atoms with Crippen LogP contribution in [0, 0.1) is 6.92 Å². The molecule has 4 rings (SSSR count). The van der Waals surface area contributed by atoms with Gasteiger partial charge < -0.3 is 19.2 Å². The van der Waals surface area contributed by atoms with E-state index in [9.17, 15) is 9.59 Å². The van der Waals surface area contributed by atoms with Gasteiger partial charge >= 0.3 is 5.63 Å². The normalized spacial score (nSPS) is 14.6. The average molecular weight is 421 g/mol. The summed E-state index contributed by atoms with van der Waals surface area (Å²) in [6.07, 6.45) is 1.79. The van der Waals surface area contributed by atoms with E-state index in [1.807, 2.05) is 37.3 Å². The standard InChI is InChI=1S/C25H27NO5/c1-15-19-11-17-9-10-25(2,3)31-21(17)13-22(19)30-24(28)20(15)12-23(27)26-14-16-5-7-18(29-4)8-6-16/h5-8,11,13H,9-10,12,14H2,1-4H3,(H,26,27). The van der Waals surface area contributed by atoms with E-state index in [4.69, 9.17) is 13.9 Å². The van der Waals surface area contributed by atoms with Crippen molar-refractivity contribution in [2.45, 2.75) is 52.2 Å². The predicted molar refractivity (Wildman–Crippen MR) is 119 cm³/mol. The molecule has 1 N–H and O–H groups in total. The number of rotatable bonds is 5. The van der Waals surface area contributed by atoms with Crippen molar-refractivity contribution in [2.75, 3.05) is 7.11 Å². The number of hydrogen-bond donors (Lipinski definition) is 1. The number of hydrogen-bond acceptors (Lipinski definition) is 5. The van der Waals surface area contributed by atoms with Crippen LogP contribution in [0.2, 0.25) is 0 Å². The van der Waals surface area contributed by atoms with Gasteiger partial charge in [-0.1, -0.05) is 12.1 Å². The van der Waals surface area contributed by atoms with Crippen molar-refractivity contribution >= 4 is 16.9 Å². The Labute approximate surface area is 181 Å². The summed E-state index contributed by atoms with van der Waals surface area (Å²) in [6, 6.07) is 11.3. The fraction of sp³-hybridized carbons (Fsp3) is 0.360. The Morgan fingerprint density at radius 1 is 1.19 bits per heavy atom. The highest BCUT2D eigenvalue weighted by molar-refractivity contribution is 5.86. The van der Waals surface area contributed by atoms with E-state index < -0.39 is 5.63 Å². The smallest absolute Gasteiger partial charge is 0.340 e. The first-order valence-corrected chi connectivity index (χ1v) is 10.4. The van der Waals surface area contributed by atoms with Gasteiger partial charge in [0.15, 0.2) is 0 Å². The van der Waals surface area contributed by atoms with Gasteiger partial charge in [-0.2, -0.15) is 0 Å². The molecule has 31 heavy (non-hydrogen) atoms. The molecule has 6 heteroatoms. The zero-order chi connectivity index (χ0) is 22.2. The fourth-order valence-electron chi connectivity index (χ4n) is 3.91. The Kier molecular flexibility index (Phi) is 5.48. The van der Waals surface area contributed by atoms with Gasteiger partial charge in [-0.3, -0.25) is 4.79 Å². The van der Waals surface area contributed by atoms with E-state index in [0.717, 1.165) is 46.4 Å². The lowest BCUT2D eigenvalue weighted by molar-refractivity contribution is -0.120. The molecule has 2 heterocycles. The summed E-state index contributed by atoms with van der Waals surface area (Å²) >= 11 is 0. The van der Waals surface area contributed by atoms with Crippen LogP contribution in [0.1, 0.15) is 42.5 Å². The van der Waals surface area contributed by atoms with Crippen LogP contribution in [-0.4, -0.2) is 18.6 Å². The van der Waals surface area contributed by atoms with Gasteiger partial charge in [0.1, 0.15) is 22.7 Å². The molecule has 0 radical (unpaired) electrons. The van der Waals surface area contributed by atoms with Gasteiger partial charge in [-0.05, 0) is 68.5 Å². The van der Waals surface area contributed by atoms with E-state index in [1.165, 1.54) is 0 Å². The number of fused-ring (bicyclic) bond motifs is 2. The minimum absolute atomic E-state index is 0.0269. The van der Waals surface area contributed by atoms with Crippen molar-refractivity contribution in [3.8, 4) is 11.5 Å². The van der Waals surface area contributed by atoms with Crippen LogP contribution in [0.3, 0.4) is 0 Å². The molecule has 0 atom stereocenters. The molecule has 0 fully saturated rings. The third-order valence-corrected chi connectivity index (χ3v) is 5.84. The van der Waals surface area contributed by atoms with Crippen LogP contribution in [0.4, 0.5) is 0 Å². The molecule has 162 valence electrons. The van der Waals surface area contributed by atoms with E-state index in [-0.39, 0.29) is 17.9 Å². The molecule has 3 aromatic rings. The quantitative estimate of drug-likeness (QED) is 0.629.